The summed E-state index contributed by atoms with van der Waals surface area (Å²) in [6, 6.07) is 1.47. The number of nitrogen functional groups attached to an aromatic ring is 1. The van der Waals surface area contributed by atoms with Crippen molar-refractivity contribution in [3.05, 3.63) is 17.8 Å². The summed E-state index contributed by atoms with van der Waals surface area (Å²) in [5.41, 5.74) is 6.43. The van der Waals surface area contributed by atoms with Gasteiger partial charge in [-0.2, -0.15) is 0 Å². The minimum absolute atomic E-state index is 0.128. The number of carboxylic acids is 1. The molecule has 0 radical (unpaired) electrons. The fourth-order valence-electron chi connectivity index (χ4n) is 2.13. The van der Waals surface area contributed by atoms with Crippen molar-refractivity contribution in [2.45, 2.75) is 6.92 Å². The first kappa shape index (κ1) is 12.6. The van der Waals surface area contributed by atoms with E-state index in [-0.39, 0.29) is 5.56 Å². The zero-order valence-corrected chi connectivity index (χ0v) is 10.5. The average Bonchev–Trinajstić information content (AvgIpc) is 2.38. The number of hydrogen-bond donors (Lipinski definition) is 2. The van der Waals surface area contributed by atoms with Gasteiger partial charge in [-0.1, -0.05) is 6.92 Å². The molecule has 0 atom stereocenters. The molecule has 1 aromatic rings. The second-order valence-electron chi connectivity index (χ2n) is 4.36. The third-order valence-electron chi connectivity index (χ3n) is 3.26. The van der Waals surface area contributed by atoms with E-state index >= 15 is 0 Å². The normalized spacial score (nSPS) is 16.8. The van der Waals surface area contributed by atoms with Crippen molar-refractivity contribution in [2.24, 2.45) is 0 Å². The van der Waals surface area contributed by atoms with Gasteiger partial charge >= 0.3 is 5.97 Å². The van der Waals surface area contributed by atoms with Crippen LogP contribution in [-0.4, -0.2) is 53.7 Å². The minimum Gasteiger partial charge on any atom is -0.478 e. The van der Waals surface area contributed by atoms with Crippen molar-refractivity contribution in [1.29, 1.82) is 0 Å². The molecule has 0 saturated carbocycles. The largest absolute Gasteiger partial charge is 0.478 e. The number of piperazine rings is 1. The maximum Gasteiger partial charge on any atom is 0.337 e. The van der Waals surface area contributed by atoms with E-state index in [1.54, 1.807) is 0 Å². The van der Waals surface area contributed by atoms with Gasteiger partial charge in [0, 0.05) is 32.4 Å². The third-order valence-corrected chi connectivity index (χ3v) is 3.26. The summed E-state index contributed by atoms with van der Waals surface area (Å²) in [7, 11) is 0. The fourth-order valence-corrected chi connectivity index (χ4v) is 2.13. The molecule has 1 fully saturated rings. The van der Waals surface area contributed by atoms with Gasteiger partial charge in [-0.25, -0.2) is 9.78 Å². The van der Waals surface area contributed by atoms with Gasteiger partial charge in [0.1, 0.15) is 0 Å². The lowest BCUT2D eigenvalue weighted by molar-refractivity contribution is 0.0696. The Balaban J connectivity index is 2.12. The van der Waals surface area contributed by atoms with Crippen LogP contribution in [0.2, 0.25) is 0 Å². The lowest BCUT2D eigenvalue weighted by Gasteiger charge is -2.35. The molecule has 6 heteroatoms. The van der Waals surface area contributed by atoms with Crippen LogP contribution in [0.1, 0.15) is 17.3 Å². The number of aromatic carboxylic acids is 1. The molecular weight excluding hydrogens is 232 g/mol. The molecule has 2 rings (SSSR count). The van der Waals surface area contributed by atoms with Crippen molar-refractivity contribution in [3.63, 3.8) is 0 Å². The summed E-state index contributed by atoms with van der Waals surface area (Å²) >= 11 is 0. The predicted molar refractivity (Wildman–Crippen MR) is 69.9 cm³/mol. The van der Waals surface area contributed by atoms with Crippen LogP contribution in [-0.2, 0) is 0 Å². The standard InChI is InChI=1S/C12H18N4O2/c1-2-15-3-5-16(6-4-15)11-10(13)7-9(8-14-11)12(17)18/h7-8H,2-6,13H2,1H3,(H,17,18). The Morgan fingerprint density at radius 3 is 2.61 bits per heavy atom. The Kier molecular flexibility index (Phi) is 3.66. The molecule has 1 saturated heterocycles. The highest BCUT2D eigenvalue weighted by Gasteiger charge is 2.19. The van der Waals surface area contributed by atoms with Crippen molar-refractivity contribution >= 4 is 17.5 Å². The van der Waals surface area contributed by atoms with E-state index in [0.717, 1.165) is 32.7 Å². The first-order valence-corrected chi connectivity index (χ1v) is 6.08. The molecule has 0 bridgehead atoms. The molecule has 18 heavy (non-hydrogen) atoms. The molecule has 0 unspecified atom stereocenters. The number of aromatic nitrogens is 1. The molecule has 2 heterocycles. The second kappa shape index (κ2) is 5.22. The van der Waals surface area contributed by atoms with Crippen LogP contribution in [0.25, 0.3) is 0 Å². The summed E-state index contributed by atoms with van der Waals surface area (Å²) in [4.78, 5) is 19.4. The Morgan fingerprint density at radius 1 is 1.44 bits per heavy atom. The van der Waals surface area contributed by atoms with Gasteiger partial charge in [0.25, 0.3) is 0 Å². The first-order valence-electron chi connectivity index (χ1n) is 6.08. The van der Waals surface area contributed by atoms with E-state index in [2.05, 4.69) is 21.7 Å². The van der Waals surface area contributed by atoms with Gasteiger partial charge in [-0.15, -0.1) is 0 Å². The lowest BCUT2D eigenvalue weighted by atomic mass is 10.2. The first-order chi connectivity index (χ1) is 8.61. The molecule has 1 aliphatic rings. The van der Waals surface area contributed by atoms with E-state index in [0.29, 0.717) is 11.5 Å². The number of carboxylic acid groups (broad SMARTS) is 1. The molecule has 0 aliphatic carbocycles. The van der Waals surface area contributed by atoms with Crippen LogP contribution in [0.5, 0.6) is 0 Å². The Morgan fingerprint density at radius 2 is 2.11 bits per heavy atom. The molecular formula is C12H18N4O2. The number of nitrogens with two attached hydrogens (primary N) is 1. The fraction of sp³-hybridized carbons (Fsp3) is 0.500. The maximum absolute atomic E-state index is 10.8. The molecule has 1 aromatic heterocycles. The average molecular weight is 250 g/mol. The summed E-state index contributed by atoms with van der Waals surface area (Å²) in [6.07, 6.45) is 1.36. The Bertz CT molecular complexity index is 442. The molecule has 3 N–H and O–H groups in total. The molecule has 0 amide bonds. The van der Waals surface area contributed by atoms with E-state index in [4.69, 9.17) is 10.8 Å². The van der Waals surface area contributed by atoms with Gasteiger partial charge in [0.15, 0.2) is 5.82 Å². The van der Waals surface area contributed by atoms with Crippen molar-refractivity contribution in [3.8, 4) is 0 Å². The van der Waals surface area contributed by atoms with E-state index in [1.165, 1.54) is 12.3 Å². The number of anilines is 2. The summed E-state index contributed by atoms with van der Waals surface area (Å²) in [6.45, 7) is 6.91. The molecule has 0 aromatic carbocycles. The van der Waals surface area contributed by atoms with E-state index in [1.807, 2.05) is 0 Å². The number of pyridine rings is 1. The third kappa shape index (κ3) is 2.53. The smallest absolute Gasteiger partial charge is 0.337 e. The minimum atomic E-state index is -1.00. The lowest BCUT2D eigenvalue weighted by Crippen LogP contribution is -2.46. The second-order valence-corrected chi connectivity index (χ2v) is 4.36. The van der Waals surface area contributed by atoms with Crippen LogP contribution in [0, 0.1) is 0 Å². The van der Waals surface area contributed by atoms with Crippen molar-refractivity contribution in [1.82, 2.24) is 9.88 Å². The van der Waals surface area contributed by atoms with Crippen molar-refractivity contribution < 1.29 is 9.90 Å². The van der Waals surface area contributed by atoms with Crippen LogP contribution >= 0.6 is 0 Å². The monoisotopic (exact) mass is 250 g/mol. The Hall–Kier alpha value is -1.82. The quantitative estimate of drug-likeness (QED) is 0.813. The van der Waals surface area contributed by atoms with E-state index in [9.17, 15) is 4.79 Å². The summed E-state index contributed by atoms with van der Waals surface area (Å²) in [5, 5.41) is 8.86. The predicted octanol–water partition coefficient (Wildman–Crippen LogP) is 0.504. The summed E-state index contributed by atoms with van der Waals surface area (Å²) < 4.78 is 0. The number of carbonyl (C=O) groups is 1. The number of nitrogens with zero attached hydrogens (tertiary/aromatic N) is 3. The zero-order chi connectivity index (χ0) is 13.1. The van der Waals surface area contributed by atoms with Crippen molar-refractivity contribution in [2.75, 3.05) is 43.4 Å². The number of rotatable bonds is 3. The highest BCUT2D eigenvalue weighted by molar-refractivity contribution is 5.89. The highest BCUT2D eigenvalue weighted by Crippen LogP contribution is 2.22. The van der Waals surface area contributed by atoms with Gasteiger partial charge in [0.2, 0.25) is 0 Å². The van der Waals surface area contributed by atoms with Gasteiger partial charge < -0.3 is 20.6 Å². The SMILES string of the molecule is CCN1CCN(c2ncc(C(=O)O)cc2N)CC1. The molecule has 1 aliphatic heterocycles. The number of likely N-dealkylation sites (N-methyl/N-ethyl adjacent to an activating group) is 1. The van der Waals surface area contributed by atoms with Crippen LogP contribution < -0.4 is 10.6 Å². The van der Waals surface area contributed by atoms with E-state index < -0.39 is 5.97 Å². The van der Waals surface area contributed by atoms with Gasteiger partial charge in [-0.05, 0) is 12.6 Å². The summed E-state index contributed by atoms with van der Waals surface area (Å²) in [5.74, 6) is -0.313. The highest BCUT2D eigenvalue weighted by atomic mass is 16.4. The molecule has 98 valence electrons. The van der Waals surface area contributed by atoms with Gasteiger partial charge in [-0.3, -0.25) is 0 Å². The molecule has 6 nitrogen and oxygen atoms in total. The van der Waals surface area contributed by atoms with Crippen LogP contribution in [0.3, 0.4) is 0 Å². The Labute approximate surface area is 106 Å². The topological polar surface area (TPSA) is 82.7 Å². The molecule has 0 spiro atoms. The number of hydrogen-bond acceptors (Lipinski definition) is 5. The van der Waals surface area contributed by atoms with Crippen LogP contribution in [0.15, 0.2) is 12.3 Å². The maximum atomic E-state index is 10.8. The van der Waals surface area contributed by atoms with Gasteiger partial charge in [0.05, 0.1) is 11.3 Å². The zero-order valence-electron chi connectivity index (χ0n) is 10.5. The van der Waals surface area contributed by atoms with Crippen LogP contribution in [0.4, 0.5) is 11.5 Å².